The lowest BCUT2D eigenvalue weighted by Gasteiger charge is -2.44. The highest BCUT2D eigenvalue weighted by Crippen LogP contribution is 2.45. The van der Waals surface area contributed by atoms with Gasteiger partial charge in [-0.3, -0.25) is 4.72 Å². The van der Waals surface area contributed by atoms with Crippen molar-refractivity contribution in [2.75, 3.05) is 10.0 Å². The van der Waals surface area contributed by atoms with Crippen molar-refractivity contribution >= 4 is 44.5 Å². The van der Waals surface area contributed by atoms with Gasteiger partial charge in [0.05, 0.1) is 21.8 Å². The average Bonchev–Trinajstić information content (AvgIpc) is 3.13. The molecule has 9 heteroatoms. The number of aromatic nitrogens is 1. The van der Waals surface area contributed by atoms with Gasteiger partial charge >= 0.3 is 0 Å². The first-order chi connectivity index (χ1) is 13.4. The minimum Gasteiger partial charge on any atom is -0.374 e. The molecule has 0 spiro atoms. The van der Waals surface area contributed by atoms with Crippen LogP contribution in [0.15, 0.2) is 58.3 Å². The number of nitrogens with zero attached hydrogens (tertiary/aromatic N) is 1. The molecule has 0 aliphatic heterocycles. The second-order valence-electron chi connectivity index (χ2n) is 6.67. The Morgan fingerprint density at radius 1 is 1.18 bits per heavy atom. The maximum Gasteiger partial charge on any atom is 0.266 e. The lowest BCUT2D eigenvalue weighted by molar-refractivity contribution is 0.284. The number of sulfonamides is 1. The summed E-state index contributed by atoms with van der Waals surface area (Å²) >= 11 is 7.56. The maximum absolute atomic E-state index is 14.7. The largest absolute Gasteiger partial charge is 0.374 e. The fourth-order valence-electron chi connectivity index (χ4n) is 3.32. The van der Waals surface area contributed by atoms with E-state index in [0.717, 1.165) is 37.0 Å². The van der Waals surface area contributed by atoms with Gasteiger partial charge in [0.15, 0.2) is 5.82 Å². The van der Waals surface area contributed by atoms with E-state index in [4.69, 9.17) is 11.6 Å². The fraction of sp³-hybridized carbons (Fsp3) is 0.211. The third kappa shape index (κ3) is 3.59. The van der Waals surface area contributed by atoms with Crippen LogP contribution in [0.4, 0.5) is 15.9 Å². The van der Waals surface area contributed by atoms with E-state index in [9.17, 15) is 12.8 Å². The summed E-state index contributed by atoms with van der Waals surface area (Å²) in [6, 6.07) is 12.2. The van der Waals surface area contributed by atoms with Gasteiger partial charge in [-0.05, 0) is 37.0 Å². The Morgan fingerprint density at radius 3 is 2.54 bits per heavy atom. The molecule has 146 valence electrons. The van der Waals surface area contributed by atoms with Gasteiger partial charge in [-0.15, -0.1) is 11.3 Å². The van der Waals surface area contributed by atoms with Crippen LogP contribution in [-0.2, 0) is 15.6 Å². The number of halogens is 2. The molecular formula is C19H17ClFN3O2S2. The van der Waals surface area contributed by atoms with Gasteiger partial charge < -0.3 is 5.32 Å². The van der Waals surface area contributed by atoms with Gasteiger partial charge in [-0.25, -0.2) is 17.8 Å². The van der Waals surface area contributed by atoms with Crippen LogP contribution >= 0.6 is 22.9 Å². The number of nitrogens with one attached hydrogen (secondary N) is 2. The highest BCUT2D eigenvalue weighted by molar-refractivity contribution is 7.92. The summed E-state index contributed by atoms with van der Waals surface area (Å²) in [6.45, 7) is 0. The van der Waals surface area contributed by atoms with E-state index < -0.39 is 20.7 Å². The molecule has 0 atom stereocenters. The van der Waals surface area contributed by atoms with E-state index in [2.05, 4.69) is 15.0 Å². The van der Waals surface area contributed by atoms with Crippen LogP contribution in [0, 0.1) is 5.82 Å². The average molecular weight is 438 g/mol. The van der Waals surface area contributed by atoms with Crippen LogP contribution in [0.25, 0.3) is 0 Å². The zero-order valence-corrected chi connectivity index (χ0v) is 17.0. The van der Waals surface area contributed by atoms with E-state index in [-0.39, 0.29) is 16.4 Å². The summed E-state index contributed by atoms with van der Waals surface area (Å²) in [4.78, 5) is 3.34. The molecule has 0 saturated heterocycles. The van der Waals surface area contributed by atoms with E-state index in [1.54, 1.807) is 0 Å². The highest BCUT2D eigenvalue weighted by atomic mass is 35.5. The van der Waals surface area contributed by atoms with Gasteiger partial charge in [-0.1, -0.05) is 41.9 Å². The molecule has 1 aromatic heterocycles. The molecule has 0 unspecified atom stereocenters. The summed E-state index contributed by atoms with van der Waals surface area (Å²) in [5.41, 5.74) is 2.63. The minimum absolute atomic E-state index is 0.139. The van der Waals surface area contributed by atoms with Gasteiger partial charge in [-0.2, -0.15) is 0 Å². The second kappa shape index (κ2) is 7.35. The summed E-state index contributed by atoms with van der Waals surface area (Å²) in [5, 5.41) is 5.01. The SMILES string of the molecule is O=S(=O)(Nc1cscn1)c1cc(Cl)c(NC2(c3ccccc3)CCC2)cc1F. The Hall–Kier alpha value is -2.16. The predicted molar refractivity (Wildman–Crippen MR) is 110 cm³/mol. The number of thiazole rings is 1. The molecule has 5 nitrogen and oxygen atoms in total. The third-order valence-electron chi connectivity index (χ3n) is 4.89. The van der Waals surface area contributed by atoms with Crippen LogP contribution < -0.4 is 10.0 Å². The van der Waals surface area contributed by atoms with Crippen LogP contribution in [0.2, 0.25) is 5.02 Å². The summed E-state index contributed by atoms with van der Waals surface area (Å²) in [5.74, 6) is -0.739. The van der Waals surface area contributed by atoms with Crippen molar-refractivity contribution in [3.05, 3.63) is 69.8 Å². The Labute approximate surface area is 171 Å². The second-order valence-corrected chi connectivity index (χ2v) is 9.45. The van der Waals surface area contributed by atoms with Crippen molar-refractivity contribution < 1.29 is 12.8 Å². The van der Waals surface area contributed by atoms with E-state index in [0.29, 0.717) is 5.69 Å². The van der Waals surface area contributed by atoms with Crippen molar-refractivity contribution in [3.8, 4) is 0 Å². The summed E-state index contributed by atoms with van der Waals surface area (Å²) in [7, 11) is -4.13. The molecule has 1 heterocycles. The maximum atomic E-state index is 14.7. The lowest BCUT2D eigenvalue weighted by atomic mass is 9.71. The molecule has 0 bridgehead atoms. The molecule has 28 heavy (non-hydrogen) atoms. The summed E-state index contributed by atoms with van der Waals surface area (Å²) in [6.07, 6.45) is 2.83. The van der Waals surface area contributed by atoms with Crippen LogP contribution in [-0.4, -0.2) is 13.4 Å². The number of hydrogen-bond acceptors (Lipinski definition) is 5. The first kappa shape index (κ1) is 19.2. The Balaban J connectivity index is 1.65. The minimum atomic E-state index is -4.13. The van der Waals surface area contributed by atoms with Gasteiger partial charge in [0, 0.05) is 5.38 Å². The molecule has 0 radical (unpaired) electrons. The Kier molecular flexibility index (Phi) is 5.03. The quantitative estimate of drug-likeness (QED) is 0.554. The molecule has 1 aliphatic carbocycles. The normalized spacial score (nSPS) is 15.6. The monoisotopic (exact) mass is 437 g/mol. The zero-order valence-electron chi connectivity index (χ0n) is 14.7. The third-order valence-corrected chi connectivity index (χ3v) is 7.16. The van der Waals surface area contributed by atoms with Gasteiger partial charge in [0.25, 0.3) is 10.0 Å². The van der Waals surface area contributed by atoms with E-state index in [1.807, 2.05) is 30.3 Å². The van der Waals surface area contributed by atoms with Crippen molar-refractivity contribution in [1.29, 1.82) is 0 Å². The van der Waals surface area contributed by atoms with Crippen LogP contribution in [0.3, 0.4) is 0 Å². The van der Waals surface area contributed by atoms with Crippen molar-refractivity contribution in [3.63, 3.8) is 0 Å². The number of rotatable bonds is 6. The summed E-state index contributed by atoms with van der Waals surface area (Å²) < 4.78 is 42.0. The fourth-order valence-corrected chi connectivity index (χ4v) is 5.24. The van der Waals surface area contributed by atoms with E-state index >= 15 is 0 Å². The topological polar surface area (TPSA) is 71.1 Å². The molecule has 3 aromatic rings. The van der Waals surface area contributed by atoms with Gasteiger partial charge in [0.1, 0.15) is 10.7 Å². The van der Waals surface area contributed by atoms with Crippen LogP contribution in [0.5, 0.6) is 0 Å². The molecule has 2 N–H and O–H groups in total. The van der Waals surface area contributed by atoms with Crippen LogP contribution in [0.1, 0.15) is 24.8 Å². The van der Waals surface area contributed by atoms with Gasteiger partial charge in [0.2, 0.25) is 0 Å². The molecule has 1 aliphatic rings. The zero-order chi connectivity index (χ0) is 19.8. The first-order valence-corrected chi connectivity index (χ1v) is 11.4. The first-order valence-electron chi connectivity index (χ1n) is 8.63. The molecule has 0 amide bonds. The molecule has 2 aromatic carbocycles. The Bertz CT molecular complexity index is 1090. The van der Waals surface area contributed by atoms with Crippen molar-refractivity contribution in [2.24, 2.45) is 0 Å². The lowest BCUT2D eigenvalue weighted by Crippen LogP contribution is -2.42. The predicted octanol–water partition coefficient (Wildman–Crippen LogP) is 5.23. The number of hydrogen-bond donors (Lipinski definition) is 2. The number of benzene rings is 2. The van der Waals surface area contributed by atoms with E-state index in [1.165, 1.54) is 22.2 Å². The molecule has 1 saturated carbocycles. The molecule has 4 rings (SSSR count). The molecular weight excluding hydrogens is 421 g/mol. The standard InChI is InChI=1S/C19H17ClFN3O2S2/c20-14-9-17(28(25,26)24-18-11-27-12-22-18)15(21)10-16(14)23-19(7-4-8-19)13-5-2-1-3-6-13/h1-3,5-6,9-12,23-24H,4,7-8H2. The smallest absolute Gasteiger partial charge is 0.266 e. The molecule has 1 fully saturated rings. The Morgan fingerprint density at radius 2 is 1.93 bits per heavy atom. The van der Waals surface area contributed by atoms with Crippen molar-refractivity contribution in [2.45, 2.75) is 29.7 Å². The van der Waals surface area contributed by atoms with Crippen molar-refractivity contribution in [1.82, 2.24) is 4.98 Å². The number of anilines is 2. The highest BCUT2D eigenvalue weighted by Gasteiger charge is 2.39.